The number of carbonyl (C=O) groups is 2. The van der Waals surface area contributed by atoms with Crippen LogP contribution in [0.15, 0.2) is 94.3 Å². The summed E-state index contributed by atoms with van der Waals surface area (Å²) >= 11 is 0. The number of allylic oxidation sites excluding steroid dienone is 1. The van der Waals surface area contributed by atoms with E-state index in [4.69, 9.17) is 4.42 Å². The van der Waals surface area contributed by atoms with Crippen molar-refractivity contribution in [1.29, 1.82) is 0 Å². The average molecular weight is 471 g/mol. The number of nitrogens with one attached hydrogen (secondary N) is 2. The summed E-state index contributed by atoms with van der Waals surface area (Å²) in [6.45, 7) is 7.75. The average Bonchev–Trinajstić information content (AvgIpc) is 3.41. The van der Waals surface area contributed by atoms with Gasteiger partial charge in [0, 0.05) is 24.3 Å². The summed E-state index contributed by atoms with van der Waals surface area (Å²) in [5.41, 5.74) is 5.48. The largest absolute Gasteiger partial charge is 0.465 e. The molecule has 35 heavy (non-hydrogen) atoms. The van der Waals surface area contributed by atoms with E-state index in [1.54, 1.807) is 61.7 Å². The summed E-state index contributed by atoms with van der Waals surface area (Å²) in [5.74, 6) is -0.243. The number of hydrogen-bond donors (Lipinski definition) is 2. The molecule has 1 heterocycles. The minimum Gasteiger partial charge on any atom is -0.465 e. The second-order valence-corrected chi connectivity index (χ2v) is 7.68. The molecule has 7 nitrogen and oxygen atoms in total. The third-order valence-corrected chi connectivity index (χ3v) is 5.23. The Kier molecular flexibility index (Phi) is 9.19. The Morgan fingerprint density at radius 3 is 2.31 bits per heavy atom. The van der Waals surface area contributed by atoms with E-state index >= 15 is 0 Å². The van der Waals surface area contributed by atoms with Crippen molar-refractivity contribution in [2.24, 2.45) is 5.10 Å². The minimum atomic E-state index is -0.534. The number of carbonyl (C=O) groups excluding carboxylic acids is 2. The van der Waals surface area contributed by atoms with Crippen molar-refractivity contribution in [3.63, 3.8) is 0 Å². The van der Waals surface area contributed by atoms with Gasteiger partial charge in [0.2, 0.25) is 0 Å². The minimum absolute atomic E-state index is 0.0843. The monoisotopic (exact) mass is 470 g/mol. The van der Waals surface area contributed by atoms with Gasteiger partial charge in [0.05, 0.1) is 12.0 Å². The van der Waals surface area contributed by atoms with Crippen LogP contribution in [0.5, 0.6) is 0 Å². The molecule has 2 aromatic carbocycles. The molecule has 7 heteroatoms. The van der Waals surface area contributed by atoms with Gasteiger partial charge < -0.3 is 14.6 Å². The van der Waals surface area contributed by atoms with Crippen LogP contribution in [0.4, 0.5) is 5.69 Å². The van der Waals surface area contributed by atoms with Gasteiger partial charge in [-0.2, -0.15) is 5.10 Å². The van der Waals surface area contributed by atoms with Gasteiger partial charge in [-0.1, -0.05) is 30.3 Å². The lowest BCUT2D eigenvalue weighted by molar-refractivity contribution is -0.117. The molecule has 0 saturated heterocycles. The second-order valence-electron chi connectivity index (χ2n) is 7.68. The summed E-state index contributed by atoms with van der Waals surface area (Å²) in [6, 6.07) is 20.1. The Balaban J connectivity index is 1.80. The quantitative estimate of drug-likeness (QED) is 0.245. The van der Waals surface area contributed by atoms with Gasteiger partial charge in [-0.25, -0.2) is 5.43 Å². The molecular weight excluding hydrogens is 440 g/mol. The van der Waals surface area contributed by atoms with Gasteiger partial charge >= 0.3 is 0 Å². The fourth-order valence-corrected chi connectivity index (χ4v) is 3.30. The van der Waals surface area contributed by atoms with Gasteiger partial charge in [-0.05, 0) is 81.0 Å². The highest BCUT2D eigenvalue weighted by Crippen LogP contribution is 2.16. The predicted molar refractivity (Wildman–Crippen MR) is 141 cm³/mol. The van der Waals surface area contributed by atoms with Gasteiger partial charge in [-0.3, -0.25) is 9.59 Å². The van der Waals surface area contributed by atoms with Crippen molar-refractivity contribution in [1.82, 2.24) is 10.7 Å². The van der Waals surface area contributed by atoms with E-state index < -0.39 is 5.91 Å². The molecular formula is C28H30N4O3. The van der Waals surface area contributed by atoms with Crippen LogP contribution in [0.2, 0.25) is 0 Å². The first-order valence-corrected chi connectivity index (χ1v) is 11.5. The Morgan fingerprint density at radius 1 is 0.971 bits per heavy atom. The van der Waals surface area contributed by atoms with Crippen LogP contribution < -0.4 is 15.6 Å². The van der Waals surface area contributed by atoms with Crippen LogP contribution in [0, 0.1) is 0 Å². The van der Waals surface area contributed by atoms with Crippen LogP contribution in [0.3, 0.4) is 0 Å². The summed E-state index contributed by atoms with van der Waals surface area (Å²) < 4.78 is 5.25. The molecule has 0 saturated carbocycles. The molecule has 2 amide bonds. The van der Waals surface area contributed by atoms with Gasteiger partial charge in [0.15, 0.2) is 0 Å². The number of nitrogens with zero attached hydrogens (tertiary/aromatic N) is 2. The number of amides is 2. The van der Waals surface area contributed by atoms with E-state index in [1.165, 1.54) is 0 Å². The van der Waals surface area contributed by atoms with Crippen LogP contribution in [0.25, 0.3) is 12.2 Å². The van der Waals surface area contributed by atoms with E-state index in [-0.39, 0.29) is 11.6 Å². The van der Waals surface area contributed by atoms with E-state index in [2.05, 4.69) is 34.6 Å². The third-order valence-electron chi connectivity index (χ3n) is 5.23. The summed E-state index contributed by atoms with van der Waals surface area (Å²) in [7, 11) is 0. The second kappa shape index (κ2) is 12.7. The zero-order valence-corrected chi connectivity index (χ0v) is 20.2. The van der Waals surface area contributed by atoms with Crippen molar-refractivity contribution < 1.29 is 14.0 Å². The lowest BCUT2D eigenvalue weighted by Crippen LogP contribution is -2.33. The maximum atomic E-state index is 13.0. The molecule has 2 N–H and O–H groups in total. The maximum absolute atomic E-state index is 13.0. The summed E-state index contributed by atoms with van der Waals surface area (Å²) in [5, 5.41) is 6.83. The highest BCUT2D eigenvalue weighted by Gasteiger charge is 2.14. The first kappa shape index (κ1) is 25.2. The molecule has 0 fully saturated rings. The van der Waals surface area contributed by atoms with Crippen molar-refractivity contribution in [3.8, 4) is 0 Å². The molecule has 0 aliphatic rings. The van der Waals surface area contributed by atoms with Crippen LogP contribution in [-0.2, 0) is 4.79 Å². The molecule has 1 aromatic heterocycles. The van der Waals surface area contributed by atoms with Crippen LogP contribution >= 0.6 is 0 Å². The Bertz CT molecular complexity index is 1190. The molecule has 0 unspecified atom stereocenters. The lowest BCUT2D eigenvalue weighted by atomic mass is 10.1. The molecule has 0 radical (unpaired) electrons. The maximum Gasteiger partial charge on any atom is 0.287 e. The molecule has 180 valence electrons. The first-order valence-electron chi connectivity index (χ1n) is 11.5. The molecule has 3 rings (SSSR count). The number of anilines is 1. The molecule has 0 aliphatic heterocycles. The summed E-state index contributed by atoms with van der Waals surface area (Å²) in [6.07, 6.45) is 6.67. The lowest BCUT2D eigenvalue weighted by Gasteiger charge is -2.21. The van der Waals surface area contributed by atoms with E-state index in [9.17, 15) is 9.59 Å². The van der Waals surface area contributed by atoms with Crippen LogP contribution in [-0.4, -0.2) is 30.6 Å². The Hall–Kier alpha value is -4.39. The van der Waals surface area contributed by atoms with Crippen molar-refractivity contribution in [2.45, 2.75) is 20.8 Å². The van der Waals surface area contributed by atoms with Gasteiger partial charge in [-0.15, -0.1) is 0 Å². The van der Waals surface area contributed by atoms with E-state index in [0.717, 1.165) is 24.3 Å². The highest BCUT2D eigenvalue weighted by molar-refractivity contribution is 6.06. The normalized spacial score (nSPS) is 12.0. The fraction of sp³-hybridized carbons (Fsp3) is 0.179. The van der Waals surface area contributed by atoms with E-state index in [0.29, 0.717) is 17.0 Å². The van der Waals surface area contributed by atoms with Gasteiger partial charge in [0.1, 0.15) is 11.5 Å². The summed E-state index contributed by atoms with van der Waals surface area (Å²) in [4.78, 5) is 27.9. The first-order chi connectivity index (χ1) is 17.0. The predicted octanol–water partition coefficient (Wildman–Crippen LogP) is 5.10. The van der Waals surface area contributed by atoms with Crippen molar-refractivity contribution >= 4 is 35.4 Å². The third kappa shape index (κ3) is 7.57. The molecule has 0 atom stereocenters. The zero-order valence-electron chi connectivity index (χ0n) is 20.2. The van der Waals surface area contributed by atoms with Gasteiger partial charge in [0.25, 0.3) is 11.8 Å². The molecule has 0 bridgehead atoms. The van der Waals surface area contributed by atoms with Crippen molar-refractivity contribution in [2.75, 3.05) is 18.0 Å². The van der Waals surface area contributed by atoms with Crippen molar-refractivity contribution in [3.05, 3.63) is 102 Å². The number of hydrogen-bond acceptors (Lipinski definition) is 5. The van der Waals surface area contributed by atoms with Crippen LogP contribution in [0.1, 0.15) is 42.5 Å². The SMILES string of the molecule is CCN(CC)c1ccc(/C=C(/NC(=O)c2ccccc2)C(=O)N/N=C(C)/C=C/c2ccco2)cc1. The molecule has 0 aliphatic carbocycles. The van der Waals surface area contributed by atoms with E-state index in [1.807, 2.05) is 36.4 Å². The zero-order chi connectivity index (χ0) is 25.0. The number of hydrazone groups is 1. The molecule has 3 aromatic rings. The topological polar surface area (TPSA) is 86.9 Å². The Labute approximate surface area is 205 Å². The smallest absolute Gasteiger partial charge is 0.287 e. The number of furan rings is 1. The highest BCUT2D eigenvalue weighted by atomic mass is 16.3. The fourth-order valence-electron chi connectivity index (χ4n) is 3.30. The standard InChI is InChI=1S/C28H30N4O3/c1-4-32(5-2)24-16-14-22(15-17-24)20-26(29-27(33)23-10-7-6-8-11-23)28(34)31-30-21(3)13-18-25-12-9-19-35-25/h6-20H,4-5H2,1-3H3,(H,29,33)(H,31,34)/b18-13+,26-20+,30-21+. The number of benzene rings is 2. The number of rotatable bonds is 10. The molecule has 0 spiro atoms. The Morgan fingerprint density at radius 2 is 1.69 bits per heavy atom.